The summed E-state index contributed by atoms with van der Waals surface area (Å²) in [4.78, 5) is 0. The third-order valence-corrected chi connectivity index (χ3v) is 3.22. The van der Waals surface area contributed by atoms with Gasteiger partial charge in [-0.1, -0.05) is 12.2 Å². The zero-order chi connectivity index (χ0) is 8.06. The van der Waals surface area contributed by atoms with E-state index in [1.165, 1.54) is 24.8 Å². The van der Waals surface area contributed by atoms with Crippen LogP contribution in [0.2, 0.25) is 0 Å². The highest BCUT2D eigenvalue weighted by Gasteiger charge is 2.55. The summed E-state index contributed by atoms with van der Waals surface area (Å²) in [6.07, 6.45) is 4.28. The maximum absolute atomic E-state index is 5.60. The van der Waals surface area contributed by atoms with Crippen LogP contribution in [0.15, 0.2) is 12.2 Å². The number of hydrogen-bond acceptors (Lipinski definition) is 1. The molecule has 11 heavy (non-hydrogen) atoms. The van der Waals surface area contributed by atoms with Crippen molar-refractivity contribution in [3.63, 3.8) is 0 Å². The smallest absolute Gasteiger partial charge is 0.0920 e. The molecule has 0 bridgehead atoms. The van der Waals surface area contributed by atoms with Crippen LogP contribution in [0.25, 0.3) is 0 Å². The Bertz CT molecular complexity index is 197. The van der Waals surface area contributed by atoms with E-state index in [-0.39, 0.29) is 5.60 Å². The summed E-state index contributed by atoms with van der Waals surface area (Å²) in [5.41, 5.74) is 1.61. The summed E-state index contributed by atoms with van der Waals surface area (Å²) in [7, 11) is 0. The molecule has 3 atom stereocenters. The fourth-order valence-corrected chi connectivity index (χ4v) is 2.09. The summed E-state index contributed by atoms with van der Waals surface area (Å²) < 4.78 is 5.60. The van der Waals surface area contributed by atoms with Gasteiger partial charge in [0, 0.05) is 0 Å². The second kappa shape index (κ2) is 2.10. The molecule has 0 amide bonds. The van der Waals surface area contributed by atoms with E-state index < -0.39 is 0 Å². The largest absolute Gasteiger partial charge is 0.366 e. The molecule has 0 aromatic rings. The van der Waals surface area contributed by atoms with E-state index in [0.29, 0.717) is 6.10 Å². The zero-order valence-electron chi connectivity index (χ0n) is 7.39. The van der Waals surface area contributed by atoms with Crippen molar-refractivity contribution < 1.29 is 4.74 Å². The first kappa shape index (κ1) is 7.35. The molecule has 0 N–H and O–H groups in total. The van der Waals surface area contributed by atoms with Crippen LogP contribution in [0.5, 0.6) is 0 Å². The van der Waals surface area contributed by atoms with Gasteiger partial charge in [0.1, 0.15) is 0 Å². The maximum Gasteiger partial charge on any atom is 0.0920 e. The van der Waals surface area contributed by atoms with Crippen molar-refractivity contribution in [1.82, 2.24) is 0 Å². The lowest BCUT2D eigenvalue weighted by Crippen LogP contribution is -2.21. The molecule has 62 valence electrons. The van der Waals surface area contributed by atoms with Crippen molar-refractivity contribution in [2.24, 2.45) is 5.92 Å². The van der Waals surface area contributed by atoms with E-state index >= 15 is 0 Å². The minimum Gasteiger partial charge on any atom is -0.366 e. The highest BCUT2D eigenvalue weighted by molar-refractivity contribution is 5.10. The molecule has 2 fully saturated rings. The van der Waals surface area contributed by atoms with Crippen LogP contribution < -0.4 is 0 Å². The molecule has 2 aliphatic rings. The van der Waals surface area contributed by atoms with Crippen molar-refractivity contribution in [2.45, 2.75) is 44.8 Å². The molecule has 0 radical (unpaired) electrons. The van der Waals surface area contributed by atoms with Crippen LogP contribution >= 0.6 is 0 Å². The average Bonchev–Trinajstić information content (AvgIpc) is 2.58. The van der Waals surface area contributed by atoms with Gasteiger partial charge in [-0.25, -0.2) is 0 Å². The van der Waals surface area contributed by atoms with Crippen LogP contribution in [-0.2, 0) is 4.74 Å². The summed E-state index contributed by atoms with van der Waals surface area (Å²) >= 11 is 0. The Hall–Kier alpha value is -0.300. The predicted octanol–water partition coefficient (Wildman–Crippen LogP) is 2.52. The molecule has 0 unspecified atom stereocenters. The molecule has 1 aliphatic carbocycles. The van der Waals surface area contributed by atoms with Crippen molar-refractivity contribution in [1.29, 1.82) is 0 Å². The second-order valence-electron chi connectivity index (χ2n) is 4.24. The van der Waals surface area contributed by atoms with E-state index in [1.54, 1.807) is 0 Å². The Balaban J connectivity index is 1.98. The summed E-state index contributed by atoms with van der Waals surface area (Å²) in [6, 6.07) is 0. The molecule has 2 rings (SSSR count). The van der Waals surface area contributed by atoms with Gasteiger partial charge in [0.25, 0.3) is 0 Å². The van der Waals surface area contributed by atoms with Crippen LogP contribution in [-0.4, -0.2) is 11.7 Å². The number of epoxide rings is 1. The third kappa shape index (κ3) is 1.12. The molecular weight excluding hydrogens is 136 g/mol. The van der Waals surface area contributed by atoms with Gasteiger partial charge >= 0.3 is 0 Å². The number of rotatable bonds is 1. The Morgan fingerprint density at radius 1 is 1.64 bits per heavy atom. The van der Waals surface area contributed by atoms with Crippen LogP contribution in [0.1, 0.15) is 33.1 Å². The number of allylic oxidation sites excluding steroid dienone is 1. The van der Waals surface area contributed by atoms with E-state index in [0.717, 1.165) is 5.92 Å². The van der Waals surface area contributed by atoms with Gasteiger partial charge in [-0.3, -0.25) is 0 Å². The molecule has 0 spiro atoms. The van der Waals surface area contributed by atoms with E-state index in [1.807, 2.05) is 0 Å². The van der Waals surface area contributed by atoms with Crippen molar-refractivity contribution in [3.8, 4) is 0 Å². The van der Waals surface area contributed by atoms with Gasteiger partial charge in [-0.15, -0.1) is 0 Å². The summed E-state index contributed by atoms with van der Waals surface area (Å²) in [6.45, 7) is 8.36. The monoisotopic (exact) mass is 152 g/mol. The Morgan fingerprint density at radius 2 is 2.36 bits per heavy atom. The molecule has 1 saturated heterocycles. The lowest BCUT2D eigenvalue weighted by Gasteiger charge is -2.22. The first-order chi connectivity index (χ1) is 5.12. The predicted molar refractivity (Wildman–Crippen MR) is 45.4 cm³/mol. The Kier molecular flexibility index (Phi) is 1.40. The van der Waals surface area contributed by atoms with Crippen LogP contribution in [0.3, 0.4) is 0 Å². The molecular formula is C10H16O. The number of hydrogen-bond donors (Lipinski definition) is 0. The van der Waals surface area contributed by atoms with Crippen molar-refractivity contribution in [3.05, 3.63) is 12.2 Å². The normalized spacial score (nSPS) is 48.2. The minimum atomic E-state index is 0.270. The molecule has 1 heterocycles. The summed E-state index contributed by atoms with van der Waals surface area (Å²) in [5.74, 6) is 0.732. The zero-order valence-corrected chi connectivity index (χ0v) is 7.39. The van der Waals surface area contributed by atoms with E-state index in [4.69, 9.17) is 4.74 Å². The van der Waals surface area contributed by atoms with E-state index in [2.05, 4.69) is 20.4 Å². The Morgan fingerprint density at radius 3 is 2.91 bits per heavy atom. The highest BCUT2D eigenvalue weighted by Crippen LogP contribution is 2.50. The molecule has 0 aromatic heterocycles. The van der Waals surface area contributed by atoms with Crippen molar-refractivity contribution >= 4 is 0 Å². The standard InChI is InChI=1S/C10H16O/c1-7(2)8-4-5-10(3)9(6-8)11-10/h8-9H,1,4-6H2,2-3H3/t8-,9+,10-/m1/s1. The fraction of sp³-hybridized carbons (Fsp3) is 0.800. The van der Waals surface area contributed by atoms with Gasteiger partial charge in [-0.2, -0.15) is 0 Å². The topological polar surface area (TPSA) is 12.5 Å². The number of fused-ring (bicyclic) bond motifs is 1. The molecule has 1 heteroatoms. The average molecular weight is 152 g/mol. The molecule has 1 aliphatic heterocycles. The van der Waals surface area contributed by atoms with Crippen molar-refractivity contribution in [2.75, 3.05) is 0 Å². The van der Waals surface area contributed by atoms with E-state index in [9.17, 15) is 0 Å². The van der Waals surface area contributed by atoms with Crippen LogP contribution in [0, 0.1) is 5.92 Å². The lowest BCUT2D eigenvalue weighted by atomic mass is 9.80. The quantitative estimate of drug-likeness (QED) is 0.415. The highest BCUT2D eigenvalue weighted by atomic mass is 16.6. The maximum atomic E-state index is 5.60. The molecule has 1 nitrogen and oxygen atoms in total. The number of ether oxygens (including phenoxy) is 1. The lowest BCUT2D eigenvalue weighted by molar-refractivity contribution is 0.303. The molecule has 0 aromatic carbocycles. The van der Waals surface area contributed by atoms with Gasteiger partial charge in [-0.05, 0) is 39.0 Å². The van der Waals surface area contributed by atoms with Gasteiger partial charge in [0.15, 0.2) is 0 Å². The third-order valence-electron chi connectivity index (χ3n) is 3.22. The fourth-order valence-electron chi connectivity index (χ4n) is 2.09. The SMILES string of the molecule is C=C(C)[C@@H]1CC[C@@]2(C)O[C@H]2C1. The van der Waals surface area contributed by atoms with Gasteiger partial charge < -0.3 is 4.74 Å². The van der Waals surface area contributed by atoms with Gasteiger partial charge in [0.2, 0.25) is 0 Å². The van der Waals surface area contributed by atoms with Gasteiger partial charge in [0.05, 0.1) is 11.7 Å². The van der Waals surface area contributed by atoms with Crippen LogP contribution in [0.4, 0.5) is 0 Å². The second-order valence-corrected chi connectivity index (χ2v) is 4.24. The molecule has 1 saturated carbocycles. The summed E-state index contributed by atoms with van der Waals surface area (Å²) in [5, 5.41) is 0. The first-order valence-electron chi connectivity index (χ1n) is 4.45. The minimum absolute atomic E-state index is 0.270. The first-order valence-corrected chi connectivity index (χ1v) is 4.45. The Labute approximate surface area is 68.4 Å².